The minimum atomic E-state index is -4.69. The second-order valence-corrected chi connectivity index (χ2v) is 4.91. The van der Waals surface area contributed by atoms with Crippen LogP contribution in [0.4, 0.5) is 35.9 Å². The van der Waals surface area contributed by atoms with E-state index in [1.807, 2.05) is 0 Å². The first-order valence-corrected chi connectivity index (χ1v) is 6.65. The number of nitro groups is 2. The van der Waals surface area contributed by atoms with E-state index in [-0.39, 0.29) is 5.69 Å². The molecule has 136 valence electrons. The van der Waals surface area contributed by atoms with Crippen LogP contribution in [0.2, 0.25) is 0 Å². The van der Waals surface area contributed by atoms with Crippen LogP contribution < -0.4 is 5.32 Å². The van der Waals surface area contributed by atoms with E-state index in [4.69, 9.17) is 5.11 Å². The van der Waals surface area contributed by atoms with Crippen molar-refractivity contribution in [2.24, 2.45) is 0 Å². The van der Waals surface area contributed by atoms with Gasteiger partial charge in [0.15, 0.2) is 5.69 Å². The van der Waals surface area contributed by atoms with Gasteiger partial charge in [0.05, 0.1) is 21.0 Å². The summed E-state index contributed by atoms with van der Waals surface area (Å²) in [5.74, 6) is -1.64. The van der Waals surface area contributed by atoms with E-state index in [9.17, 15) is 38.2 Å². The second kappa shape index (κ2) is 6.66. The van der Waals surface area contributed by atoms with E-state index in [0.29, 0.717) is 18.2 Å². The normalized spacial score (nSPS) is 11.0. The molecule has 0 aliphatic carbocycles. The number of rotatable bonds is 5. The highest BCUT2D eigenvalue weighted by Gasteiger charge is 2.32. The summed E-state index contributed by atoms with van der Waals surface area (Å²) in [6.07, 6.45) is -4.69. The molecule has 0 radical (unpaired) electrons. The highest BCUT2D eigenvalue weighted by Crippen LogP contribution is 2.39. The molecule has 0 bridgehead atoms. The molecule has 2 rings (SSSR count). The minimum absolute atomic E-state index is 0.297. The lowest BCUT2D eigenvalue weighted by Crippen LogP contribution is -2.07. The molecule has 0 spiro atoms. The third-order valence-electron chi connectivity index (χ3n) is 3.20. The van der Waals surface area contributed by atoms with Crippen LogP contribution in [0.1, 0.15) is 15.9 Å². The quantitative estimate of drug-likeness (QED) is 0.599. The van der Waals surface area contributed by atoms with Gasteiger partial charge >= 0.3 is 23.5 Å². The van der Waals surface area contributed by atoms with Crippen LogP contribution in [0.5, 0.6) is 0 Å². The number of halogens is 3. The molecule has 9 nitrogen and oxygen atoms in total. The van der Waals surface area contributed by atoms with Gasteiger partial charge in [-0.25, -0.2) is 4.79 Å². The molecular formula is C14H8F3N3O6. The average Bonchev–Trinajstić information content (AvgIpc) is 2.53. The predicted octanol–water partition coefficient (Wildman–Crippen LogP) is 3.96. The summed E-state index contributed by atoms with van der Waals surface area (Å²) < 4.78 is 38.3. The van der Waals surface area contributed by atoms with Crippen LogP contribution in [-0.4, -0.2) is 20.9 Å². The second-order valence-electron chi connectivity index (χ2n) is 4.91. The SMILES string of the molecule is O=C(O)c1cc([N+](=O)[O-])c(Nc2cccc(C(F)(F)F)c2)c([N+](=O)[O-])c1. The highest BCUT2D eigenvalue weighted by molar-refractivity contribution is 5.93. The lowest BCUT2D eigenvalue weighted by molar-refractivity contribution is -0.392. The van der Waals surface area contributed by atoms with Crippen molar-refractivity contribution in [1.82, 2.24) is 0 Å². The van der Waals surface area contributed by atoms with E-state index in [0.717, 1.165) is 18.2 Å². The number of hydrogen-bond acceptors (Lipinski definition) is 6. The number of carboxylic acid groups (broad SMARTS) is 1. The molecule has 0 heterocycles. The van der Waals surface area contributed by atoms with E-state index in [2.05, 4.69) is 5.32 Å². The summed E-state index contributed by atoms with van der Waals surface area (Å²) in [6, 6.07) is 4.64. The molecule has 0 saturated carbocycles. The molecule has 2 aromatic carbocycles. The van der Waals surface area contributed by atoms with Gasteiger partial charge in [0, 0.05) is 17.8 Å². The van der Waals surface area contributed by atoms with Crippen molar-refractivity contribution in [2.75, 3.05) is 5.32 Å². The number of hydrogen-bond donors (Lipinski definition) is 2. The minimum Gasteiger partial charge on any atom is -0.478 e. The molecule has 0 saturated heterocycles. The Morgan fingerprint density at radius 2 is 1.58 bits per heavy atom. The molecule has 0 aliphatic heterocycles. The molecule has 26 heavy (non-hydrogen) atoms. The molecule has 2 aromatic rings. The van der Waals surface area contributed by atoms with Crippen molar-refractivity contribution >= 4 is 28.7 Å². The first kappa shape index (κ1) is 18.6. The van der Waals surface area contributed by atoms with Gasteiger partial charge in [0.25, 0.3) is 0 Å². The highest BCUT2D eigenvalue weighted by atomic mass is 19.4. The summed E-state index contributed by atoms with van der Waals surface area (Å²) in [5.41, 5.74) is -4.74. The fourth-order valence-corrected chi connectivity index (χ4v) is 2.07. The number of nitrogens with zero attached hydrogens (tertiary/aromatic N) is 2. The van der Waals surface area contributed by atoms with Crippen LogP contribution >= 0.6 is 0 Å². The fraction of sp³-hybridized carbons (Fsp3) is 0.0714. The number of carboxylic acids is 1. The topological polar surface area (TPSA) is 136 Å². The standard InChI is InChI=1S/C14H8F3N3O6/c15-14(16,17)8-2-1-3-9(6-8)18-12-10(19(23)24)4-7(13(21)22)5-11(12)20(25)26/h1-6,18H,(H,21,22). The number of alkyl halides is 3. The first-order chi connectivity index (χ1) is 12.0. The van der Waals surface area contributed by atoms with Crippen LogP contribution in [-0.2, 0) is 6.18 Å². The van der Waals surface area contributed by atoms with Crippen LogP contribution in [0.25, 0.3) is 0 Å². The molecular weight excluding hydrogens is 363 g/mol. The summed E-state index contributed by atoms with van der Waals surface area (Å²) in [4.78, 5) is 31.2. The van der Waals surface area contributed by atoms with E-state index in [1.54, 1.807) is 0 Å². The van der Waals surface area contributed by atoms with E-state index >= 15 is 0 Å². The lowest BCUT2D eigenvalue weighted by Gasteiger charge is -2.11. The van der Waals surface area contributed by atoms with E-state index < -0.39 is 50.2 Å². The summed E-state index contributed by atoms with van der Waals surface area (Å²) >= 11 is 0. The number of nitrogens with one attached hydrogen (secondary N) is 1. The van der Waals surface area contributed by atoms with Gasteiger partial charge in [0.2, 0.25) is 0 Å². The van der Waals surface area contributed by atoms with Crippen molar-refractivity contribution < 1.29 is 32.9 Å². The molecule has 0 amide bonds. The van der Waals surface area contributed by atoms with Crippen molar-refractivity contribution in [3.8, 4) is 0 Å². The van der Waals surface area contributed by atoms with Crippen molar-refractivity contribution in [2.45, 2.75) is 6.18 Å². The summed E-state index contributed by atoms with van der Waals surface area (Å²) in [5, 5.41) is 33.4. The van der Waals surface area contributed by atoms with Gasteiger partial charge in [-0.05, 0) is 18.2 Å². The van der Waals surface area contributed by atoms with Crippen molar-refractivity contribution in [3.05, 3.63) is 67.8 Å². The molecule has 0 unspecified atom stereocenters. The smallest absolute Gasteiger partial charge is 0.416 e. The maximum Gasteiger partial charge on any atom is 0.416 e. The van der Waals surface area contributed by atoms with Crippen molar-refractivity contribution in [1.29, 1.82) is 0 Å². The Labute approximate surface area is 142 Å². The Hall–Kier alpha value is -3.70. The number of anilines is 2. The Balaban J connectivity index is 2.63. The molecule has 2 N–H and O–H groups in total. The maximum absolute atomic E-state index is 12.8. The Kier molecular flexibility index (Phi) is 4.77. The molecule has 0 fully saturated rings. The molecule has 0 aliphatic rings. The van der Waals surface area contributed by atoms with Gasteiger partial charge in [-0.1, -0.05) is 6.07 Å². The number of carbonyl (C=O) groups is 1. The predicted molar refractivity (Wildman–Crippen MR) is 81.4 cm³/mol. The largest absolute Gasteiger partial charge is 0.478 e. The molecule has 12 heteroatoms. The fourth-order valence-electron chi connectivity index (χ4n) is 2.07. The van der Waals surface area contributed by atoms with Crippen LogP contribution in [0.15, 0.2) is 36.4 Å². The third kappa shape index (κ3) is 3.85. The zero-order valence-electron chi connectivity index (χ0n) is 12.5. The monoisotopic (exact) mass is 371 g/mol. The average molecular weight is 371 g/mol. The molecule has 0 aromatic heterocycles. The van der Waals surface area contributed by atoms with Gasteiger partial charge in [0.1, 0.15) is 0 Å². The Morgan fingerprint density at radius 1 is 1.04 bits per heavy atom. The lowest BCUT2D eigenvalue weighted by atomic mass is 10.1. The zero-order chi connectivity index (χ0) is 19.6. The number of aromatic carboxylic acids is 1. The number of benzene rings is 2. The van der Waals surface area contributed by atoms with Gasteiger partial charge in [-0.15, -0.1) is 0 Å². The van der Waals surface area contributed by atoms with Gasteiger partial charge in [-0.3, -0.25) is 20.2 Å². The van der Waals surface area contributed by atoms with Gasteiger partial charge in [-0.2, -0.15) is 13.2 Å². The van der Waals surface area contributed by atoms with Gasteiger partial charge < -0.3 is 10.4 Å². The number of nitro benzene ring substituents is 2. The van der Waals surface area contributed by atoms with E-state index in [1.165, 1.54) is 0 Å². The Bertz CT molecular complexity index is 878. The summed E-state index contributed by atoms with van der Waals surface area (Å²) in [7, 11) is 0. The maximum atomic E-state index is 12.8. The van der Waals surface area contributed by atoms with Crippen LogP contribution in [0, 0.1) is 20.2 Å². The van der Waals surface area contributed by atoms with Crippen molar-refractivity contribution in [3.63, 3.8) is 0 Å². The molecule has 0 atom stereocenters. The summed E-state index contributed by atoms with van der Waals surface area (Å²) in [6.45, 7) is 0. The third-order valence-corrected chi connectivity index (χ3v) is 3.20. The first-order valence-electron chi connectivity index (χ1n) is 6.65. The Morgan fingerprint density at radius 3 is 2.00 bits per heavy atom. The zero-order valence-corrected chi connectivity index (χ0v) is 12.5. The van der Waals surface area contributed by atoms with Crippen LogP contribution in [0.3, 0.4) is 0 Å².